The van der Waals surface area contributed by atoms with Gasteiger partial charge in [0.05, 0.1) is 0 Å². The molecule has 3 heteroatoms. The number of hydrogen-bond acceptors (Lipinski definition) is 2. The fourth-order valence-corrected chi connectivity index (χ4v) is 2.86. The van der Waals surface area contributed by atoms with Crippen molar-refractivity contribution < 1.29 is 0 Å². The molecule has 1 aliphatic rings. The Bertz CT molecular complexity index is 415. The van der Waals surface area contributed by atoms with Gasteiger partial charge in [0.25, 0.3) is 0 Å². The Hall–Kier alpha value is -0.290. The van der Waals surface area contributed by atoms with Gasteiger partial charge in [-0.1, -0.05) is 6.07 Å². The van der Waals surface area contributed by atoms with Gasteiger partial charge in [0, 0.05) is 33.9 Å². The molecule has 1 unspecified atom stereocenters. The lowest BCUT2D eigenvalue weighted by molar-refractivity contribution is 0.318. The quantitative estimate of drug-likeness (QED) is 0.788. The third-order valence-corrected chi connectivity index (χ3v) is 4.13. The minimum Gasteiger partial charge on any atom is -0.365 e. The van der Waals surface area contributed by atoms with Gasteiger partial charge in [-0.05, 0) is 68.0 Å². The number of nitrogens with one attached hydrogen (secondary N) is 1. The summed E-state index contributed by atoms with van der Waals surface area (Å²) in [7, 11) is 0. The summed E-state index contributed by atoms with van der Waals surface area (Å²) >= 11 is 2.39. The summed E-state index contributed by atoms with van der Waals surface area (Å²) in [5, 5.41) is 3.60. The van der Waals surface area contributed by atoms with Gasteiger partial charge in [0.15, 0.2) is 0 Å². The third kappa shape index (κ3) is 2.94. The summed E-state index contributed by atoms with van der Waals surface area (Å²) in [6.07, 6.45) is 0. The zero-order valence-electron chi connectivity index (χ0n) is 11.0. The van der Waals surface area contributed by atoms with E-state index in [1.54, 1.807) is 0 Å². The Morgan fingerprint density at radius 3 is 2.82 bits per heavy atom. The van der Waals surface area contributed by atoms with Crippen molar-refractivity contribution in [3.05, 3.63) is 27.3 Å². The first-order valence-electron chi connectivity index (χ1n) is 6.17. The number of hydrogen-bond donors (Lipinski definition) is 1. The lowest BCUT2D eigenvalue weighted by Gasteiger charge is -2.45. The fraction of sp³-hybridized carbons (Fsp3) is 0.571. The van der Waals surface area contributed by atoms with Gasteiger partial charge >= 0.3 is 0 Å². The van der Waals surface area contributed by atoms with Crippen LogP contribution in [0.1, 0.15) is 26.3 Å². The highest BCUT2D eigenvalue weighted by molar-refractivity contribution is 14.1. The van der Waals surface area contributed by atoms with Crippen LogP contribution in [0.2, 0.25) is 0 Å². The smallest absolute Gasteiger partial charge is 0.0410 e. The van der Waals surface area contributed by atoms with Gasteiger partial charge in [-0.15, -0.1) is 0 Å². The third-order valence-electron chi connectivity index (χ3n) is 3.45. The molecule has 0 aromatic heterocycles. The van der Waals surface area contributed by atoms with Crippen molar-refractivity contribution in [2.75, 3.05) is 18.0 Å². The van der Waals surface area contributed by atoms with E-state index in [1.807, 2.05) is 0 Å². The van der Waals surface area contributed by atoms with E-state index in [-0.39, 0.29) is 5.54 Å². The van der Waals surface area contributed by atoms with Crippen molar-refractivity contribution in [1.29, 1.82) is 0 Å². The number of benzene rings is 1. The molecule has 2 nitrogen and oxygen atoms in total. The van der Waals surface area contributed by atoms with Crippen LogP contribution in [0.5, 0.6) is 0 Å². The average molecular weight is 344 g/mol. The second kappa shape index (κ2) is 4.76. The van der Waals surface area contributed by atoms with Gasteiger partial charge in [0.2, 0.25) is 0 Å². The Morgan fingerprint density at radius 2 is 2.12 bits per heavy atom. The van der Waals surface area contributed by atoms with E-state index in [0.717, 1.165) is 13.1 Å². The molecule has 1 aromatic carbocycles. The van der Waals surface area contributed by atoms with Gasteiger partial charge in [-0.2, -0.15) is 0 Å². The van der Waals surface area contributed by atoms with Crippen LogP contribution in [0.15, 0.2) is 18.2 Å². The summed E-state index contributed by atoms with van der Waals surface area (Å²) in [4.78, 5) is 2.54. The zero-order valence-corrected chi connectivity index (χ0v) is 13.2. The Balaban J connectivity index is 2.34. The number of piperazine rings is 1. The second-order valence-corrected chi connectivity index (χ2v) is 6.92. The van der Waals surface area contributed by atoms with Crippen LogP contribution in [0, 0.1) is 10.5 Å². The standard InChI is InChI=1S/C14H21IN2/c1-10-5-6-12(15)7-13(10)17-9-14(3,4)16-8-11(17)2/h5-7,11,16H,8-9H2,1-4H3. The van der Waals surface area contributed by atoms with Crippen molar-refractivity contribution in [3.63, 3.8) is 0 Å². The molecule has 0 spiro atoms. The lowest BCUT2D eigenvalue weighted by Crippen LogP contribution is -2.61. The summed E-state index contributed by atoms with van der Waals surface area (Å²) in [6.45, 7) is 11.2. The first-order chi connectivity index (χ1) is 7.89. The summed E-state index contributed by atoms with van der Waals surface area (Å²) in [5.74, 6) is 0. The number of anilines is 1. The molecule has 1 heterocycles. The topological polar surface area (TPSA) is 15.3 Å². The van der Waals surface area contributed by atoms with Crippen molar-refractivity contribution in [2.45, 2.75) is 39.3 Å². The van der Waals surface area contributed by atoms with Crippen LogP contribution < -0.4 is 10.2 Å². The SMILES string of the molecule is Cc1ccc(I)cc1N1CC(C)(C)NCC1C. The first kappa shape index (κ1) is 13.1. The number of rotatable bonds is 1. The van der Waals surface area contributed by atoms with E-state index in [4.69, 9.17) is 0 Å². The molecule has 1 N–H and O–H groups in total. The molecule has 1 atom stereocenters. The molecule has 2 rings (SSSR count). The second-order valence-electron chi connectivity index (χ2n) is 5.67. The molecule has 0 bridgehead atoms. The highest BCUT2D eigenvalue weighted by atomic mass is 127. The van der Waals surface area contributed by atoms with Gasteiger partial charge in [-0.25, -0.2) is 0 Å². The average Bonchev–Trinajstić information content (AvgIpc) is 2.25. The number of halogens is 1. The van der Waals surface area contributed by atoms with Crippen LogP contribution in [-0.4, -0.2) is 24.7 Å². The largest absolute Gasteiger partial charge is 0.365 e. The molecule has 0 saturated carbocycles. The first-order valence-corrected chi connectivity index (χ1v) is 7.25. The normalized spacial score (nSPS) is 23.8. The van der Waals surface area contributed by atoms with Gasteiger partial charge in [0.1, 0.15) is 0 Å². The van der Waals surface area contributed by atoms with E-state index < -0.39 is 0 Å². The molecule has 1 fully saturated rings. The maximum atomic E-state index is 3.60. The van der Waals surface area contributed by atoms with Gasteiger partial charge < -0.3 is 10.2 Å². The highest BCUT2D eigenvalue weighted by Gasteiger charge is 2.30. The molecule has 0 amide bonds. The predicted molar refractivity (Wildman–Crippen MR) is 82.8 cm³/mol. The van der Waals surface area contributed by atoms with Crippen LogP contribution >= 0.6 is 22.6 Å². The molecule has 94 valence electrons. The number of nitrogens with zero attached hydrogens (tertiary/aromatic N) is 1. The summed E-state index contributed by atoms with van der Waals surface area (Å²) in [5.41, 5.74) is 2.95. The molecule has 0 radical (unpaired) electrons. The van der Waals surface area contributed by atoms with Crippen molar-refractivity contribution in [3.8, 4) is 0 Å². The van der Waals surface area contributed by atoms with Crippen LogP contribution in [0.25, 0.3) is 0 Å². The Morgan fingerprint density at radius 1 is 1.41 bits per heavy atom. The fourth-order valence-electron chi connectivity index (χ4n) is 2.39. The Labute approximate surface area is 118 Å². The monoisotopic (exact) mass is 344 g/mol. The molecular formula is C14H21IN2. The zero-order chi connectivity index (χ0) is 12.6. The molecule has 1 saturated heterocycles. The lowest BCUT2D eigenvalue weighted by atomic mass is 9.98. The van der Waals surface area contributed by atoms with Gasteiger partial charge in [-0.3, -0.25) is 0 Å². The maximum Gasteiger partial charge on any atom is 0.0410 e. The highest BCUT2D eigenvalue weighted by Crippen LogP contribution is 2.28. The van der Waals surface area contributed by atoms with Crippen LogP contribution in [0.4, 0.5) is 5.69 Å². The van der Waals surface area contributed by atoms with Crippen LogP contribution in [0.3, 0.4) is 0 Å². The van der Waals surface area contributed by atoms with E-state index in [1.165, 1.54) is 14.8 Å². The van der Waals surface area contributed by atoms with Crippen molar-refractivity contribution in [1.82, 2.24) is 5.32 Å². The molecular weight excluding hydrogens is 323 g/mol. The van der Waals surface area contributed by atoms with Crippen molar-refractivity contribution >= 4 is 28.3 Å². The summed E-state index contributed by atoms with van der Waals surface area (Å²) < 4.78 is 1.31. The predicted octanol–water partition coefficient (Wildman–Crippen LogP) is 3.18. The maximum absolute atomic E-state index is 3.60. The molecule has 17 heavy (non-hydrogen) atoms. The molecule has 0 aliphatic carbocycles. The minimum absolute atomic E-state index is 0.195. The molecule has 1 aromatic rings. The van der Waals surface area contributed by atoms with E-state index in [9.17, 15) is 0 Å². The van der Waals surface area contributed by atoms with E-state index >= 15 is 0 Å². The summed E-state index contributed by atoms with van der Waals surface area (Å²) in [6, 6.07) is 7.25. The number of aryl methyl sites for hydroxylation is 1. The molecule has 1 aliphatic heterocycles. The van der Waals surface area contributed by atoms with Crippen LogP contribution in [-0.2, 0) is 0 Å². The van der Waals surface area contributed by atoms with E-state index in [0.29, 0.717) is 6.04 Å². The Kier molecular flexibility index (Phi) is 3.69. The van der Waals surface area contributed by atoms with E-state index in [2.05, 4.69) is 78.7 Å². The van der Waals surface area contributed by atoms with Crippen molar-refractivity contribution in [2.24, 2.45) is 0 Å². The minimum atomic E-state index is 0.195.